The Kier molecular flexibility index (Phi) is 11.8. The van der Waals surface area contributed by atoms with Crippen LogP contribution in [0.25, 0.3) is 0 Å². The predicted octanol–water partition coefficient (Wildman–Crippen LogP) is 3.21. The van der Waals surface area contributed by atoms with E-state index in [9.17, 15) is 19.2 Å². The van der Waals surface area contributed by atoms with E-state index in [0.29, 0.717) is 12.0 Å². The summed E-state index contributed by atoms with van der Waals surface area (Å²) in [5.41, 5.74) is 0.101. The van der Waals surface area contributed by atoms with Crippen molar-refractivity contribution in [1.29, 1.82) is 0 Å². The molecule has 0 radical (unpaired) electrons. The minimum atomic E-state index is -0.864. The van der Waals surface area contributed by atoms with Crippen LogP contribution in [0.2, 0.25) is 0 Å². The molecule has 1 aromatic rings. The molecule has 2 atom stereocenters. The quantitative estimate of drug-likeness (QED) is 0.292. The number of amides is 4. The summed E-state index contributed by atoms with van der Waals surface area (Å²) in [5.74, 6) is -2.24. The van der Waals surface area contributed by atoms with Gasteiger partial charge in [0, 0.05) is 56.3 Å². The van der Waals surface area contributed by atoms with E-state index < -0.39 is 36.0 Å². The average molecular weight is 607 g/mol. The number of nitrogens with zero attached hydrogens (tertiary/aromatic N) is 4. The third-order valence-electron chi connectivity index (χ3n) is 6.98. The Labute approximate surface area is 250 Å². The van der Waals surface area contributed by atoms with Gasteiger partial charge in [-0.2, -0.15) is 0 Å². The van der Waals surface area contributed by atoms with Gasteiger partial charge in [-0.15, -0.1) is 0 Å². The number of halogens is 2. The molecule has 2 unspecified atom stereocenters. The van der Waals surface area contributed by atoms with Gasteiger partial charge in [0.25, 0.3) is 0 Å². The van der Waals surface area contributed by atoms with E-state index in [1.807, 2.05) is 20.8 Å². The number of cyclic esters (lactones) is 1. The van der Waals surface area contributed by atoms with Gasteiger partial charge in [-0.3, -0.25) is 19.5 Å². The second-order valence-electron chi connectivity index (χ2n) is 10.8. The molecule has 1 aromatic carbocycles. The monoisotopic (exact) mass is 606 g/mol. The number of methoxy groups -OCH3 is 1. The lowest BCUT2D eigenvalue weighted by Gasteiger charge is -2.38. The number of nitrogens with one attached hydrogen (secondary N) is 2. The van der Waals surface area contributed by atoms with Gasteiger partial charge < -0.3 is 29.9 Å². The Morgan fingerprint density at radius 3 is 2.40 bits per heavy atom. The Hall–Kier alpha value is -4.23. The first kappa shape index (κ1) is 33.3. The maximum absolute atomic E-state index is 15.3. The number of carbonyl (C=O) groups excluding carboxylic acids is 4. The molecular formula is C29H40F2N6O6. The highest BCUT2D eigenvalue weighted by Crippen LogP contribution is 2.31. The van der Waals surface area contributed by atoms with Crippen molar-refractivity contribution in [3.05, 3.63) is 35.5 Å². The zero-order valence-corrected chi connectivity index (χ0v) is 25.2. The summed E-state index contributed by atoms with van der Waals surface area (Å²) >= 11 is 0. The molecule has 236 valence electrons. The van der Waals surface area contributed by atoms with Crippen LogP contribution in [0.4, 0.5) is 29.7 Å². The second-order valence-corrected chi connectivity index (χ2v) is 10.8. The number of hydrogen-bond donors (Lipinski definition) is 2. The SMILES string of the molecule is CCC=N/C=C(\C)C(=O)NC(CC(C)C)C(=O)N1CCN(c2c(F)cc(N3CC(CNC(=O)OC)OC3=O)cc2F)CC1. The molecule has 2 aliphatic rings. The summed E-state index contributed by atoms with van der Waals surface area (Å²) < 4.78 is 40.2. The minimum Gasteiger partial charge on any atom is -0.453 e. The van der Waals surface area contributed by atoms with Crippen molar-refractivity contribution in [2.24, 2.45) is 10.9 Å². The summed E-state index contributed by atoms with van der Waals surface area (Å²) in [6.07, 6.45) is 2.08. The Bertz CT molecular complexity index is 1220. The lowest BCUT2D eigenvalue weighted by atomic mass is 10.0. The van der Waals surface area contributed by atoms with E-state index in [-0.39, 0.29) is 68.4 Å². The van der Waals surface area contributed by atoms with Gasteiger partial charge in [0.1, 0.15) is 17.8 Å². The van der Waals surface area contributed by atoms with Gasteiger partial charge in [-0.1, -0.05) is 20.8 Å². The van der Waals surface area contributed by atoms with Crippen molar-refractivity contribution in [3.63, 3.8) is 0 Å². The standard InChI is InChI=1S/C29H40F2N6O6/c1-6-7-32-15-19(4)26(38)34-24(12-18(2)3)27(39)36-10-8-35(9-11-36)25-22(30)13-20(14-23(25)31)37-17-21(43-29(37)41)16-33-28(40)42-5/h7,13-15,18,21,24H,6,8-12,16-17H2,1-5H3,(H,33,40)(H,34,38)/b19-15+,32-7?. The largest absolute Gasteiger partial charge is 0.453 e. The first-order chi connectivity index (χ1) is 20.4. The van der Waals surface area contributed by atoms with Crippen LogP contribution < -0.4 is 20.4 Å². The van der Waals surface area contributed by atoms with Crippen LogP contribution in [0.1, 0.15) is 40.5 Å². The van der Waals surface area contributed by atoms with Crippen LogP contribution in [-0.4, -0.2) is 93.6 Å². The lowest BCUT2D eigenvalue weighted by Crippen LogP contribution is -2.55. The molecule has 2 saturated heterocycles. The van der Waals surface area contributed by atoms with Crippen molar-refractivity contribution in [2.45, 2.75) is 52.7 Å². The van der Waals surface area contributed by atoms with Crippen molar-refractivity contribution in [2.75, 3.05) is 56.2 Å². The number of alkyl carbamates (subject to hydrolysis) is 1. The molecule has 2 N–H and O–H groups in total. The number of aliphatic imine (C=N–C) groups is 1. The molecule has 4 amide bonds. The van der Waals surface area contributed by atoms with Gasteiger partial charge in [0.05, 0.1) is 25.9 Å². The highest BCUT2D eigenvalue weighted by Gasteiger charge is 2.35. The summed E-state index contributed by atoms with van der Waals surface area (Å²) in [6.45, 7) is 8.16. The predicted molar refractivity (Wildman–Crippen MR) is 157 cm³/mol. The molecule has 43 heavy (non-hydrogen) atoms. The van der Waals surface area contributed by atoms with Crippen molar-refractivity contribution < 1.29 is 37.4 Å². The topological polar surface area (TPSA) is 133 Å². The molecule has 0 spiro atoms. The lowest BCUT2D eigenvalue weighted by molar-refractivity contribution is -0.136. The van der Waals surface area contributed by atoms with E-state index in [2.05, 4.69) is 20.4 Å². The molecule has 0 saturated carbocycles. The van der Waals surface area contributed by atoms with Gasteiger partial charge in [0.15, 0.2) is 11.6 Å². The van der Waals surface area contributed by atoms with Gasteiger partial charge in [-0.25, -0.2) is 18.4 Å². The van der Waals surface area contributed by atoms with Crippen LogP contribution in [-0.2, 0) is 19.1 Å². The van der Waals surface area contributed by atoms with Gasteiger partial charge >= 0.3 is 12.2 Å². The Morgan fingerprint density at radius 1 is 1.16 bits per heavy atom. The molecule has 0 aliphatic carbocycles. The van der Waals surface area contributed by atoms with Crippen LogP contribution in [0.15, 0.2) is 28.9 Å². The highest BCUT2D eigenvalue weighted by molar-refractivity contribution is 5.96. The van der Waals surface area contributed by atoms with Crippen molar-refractivity contribution in [1.82, 2.24) is 15.5 Å². The molecule has 2 fully saturated rings. The molecule has 12 nitrogen and oxygen atoms in total. The minimum absolute atomic E-state index is 0.0167. The molecule has 3 rings (SSSR count). The molecule has 14 heteroatoms. The van der Waals surface area contributed by atoms with Crippen LogP contribution in [0.5, 0.6) is 0 Å². The van der Waals surface area contributed by atoms with E-state index in [0.717, 1.165) is 23.5 Å². The van der Waals surface area contributed by atoms with E-state index in [1.165, 1.54) is 18.2 Å². The van der Waals surface area contributed by atoms with Crippen LogP contribution >= 0.6 is 0 Å². The van der Waals surface area contributed by atoms with E-state index in [1.54, 1.807) is 18.0 Å². The normalized spacial score (nSPS) is 18.2. The first-order valence-corrected chi connectivity index (χ1v) is 14.3. The van der Waals surface area contributed by atoms with Crippen molar-refractivity contribution >= 4 is 41.6 Å². The fraction of sp³-hybridized carbons (Fsp3) is 0.552. The maximum Gasteiger partial charge on any atom is 0.414 e. The smallest absolute Gasteiger partial charge is 0.414 e. The van der Waals surface area contributed by atoms with Crippen LogP contribution in [0.3, 0.4) is 0 Å². The van der Waals surface area contributed by atoms with Crippen LogP contribution in [0, 0.1) is 17.6 Å². The first-order valence-electron chi connectivity index (χ1n) is 14.3. The number of anilines is 2. The summed E-state index contributed by atoms with van der Waals surface area (Å²) in [7, 11) is 1.20. The third-order valence-corrected chi connectivity index (χ3v) is 6.98. The zero-order chi connectivity index (χ0) is 31.7. The van der Waals surface area contributed by atoms with E-state index >= 15 is 8.78 Å². The molecule has 2 aliphatic heterocycles. The van der Waals surface area contributed by atoms with E-state index in [4.69, 9.17) is 4.74 Å². The summed E-state index contributed by atoms with van der Waals surface area (Å²) in [6, 6.07) is 1.36. The fourth-order valence-corrected chi connectivity index (χ4v) is 4.78. The highest BCUT2D eigenvalue weighted by atomic mass is 19.1. The number of hydrogen-bond acceptors (Lipinski definition) is 8. The third kappa shape index (κ3) is 8.88. The number of piperazine rings is 1. The second kappa shape index (κ2) is 15.3. The molecule has 0 aromatic heterocycles. The summed E-state index contributed by atoms with van der Waals surface area (Å²) in [5, 5.41) is 5.23. The molecular weight excluding hydrogens is 566 g/mol. The Morgan fingerprint density at radius 2 is 1.81 bits per heavy atom. The summed E-state index contributed by atoms with van der Waals surface area (Å²) in [4.78, 5) is 57.9. The number of benzene rings is 1. The number of ether oxygens (including phenoxy) is 2. The maximum atomic E-state index is 15.3. The van der Waals surface area contributed by atoms with Gasteiger partial charge in [0.2, 0.25) is 11.8 Å². The average Bonchev–Trinajstić information content (AvgIpc) is 3.35. The number of rotatable bonds is 11. The number of carbonyl (C=O) groups is 4. The van der Waals surface area contributed by atoms with Gasteiger partial charge in [-0.05, 0) is 25.7 Å². The molecule has 2 heterocycles. The van der Waals surface area contributed by atoms with Crippen molar-refractivity contribution in [3.8, 4) is 0 Å². The zero-order valence-electron chi connectivity index (χ0n) is 25.2. The fourth-order valence-electron chi connectivity index (χ4n) is 4.78. The molecule has 0 bridgehead atoms. The Balaban J connectivity index is 1.64.